The summed E-state index contributed by atoms with van der Waals surface area (Å²) in [5.74, 6) is -0.315. The molecule has 0 spiro atoms. The Morgan fingerprint density at radius 1 is 1.55 bits per heavy atom. The molecule has 2 heteroatoms. The Bertz CT molecular complexity index is 269. The Labute approximate surface area is 70.3 Å². The Balaban J connectivity index is 3.36. The van der Waals surface area contributed by atoms with E-state index in [-0.39, 0.29) is 5.82 Å². The lowest BCUT2D eigenvalue weighted by Crippen LogP contribution is -1.86. The summed E-state index contributed by atoms with van der Waals surface area (Å²) in [6.45, 7) is 5.30. The van der Waals surface area contributed by atoms with Crippen LogP contribution in [0.1, 0.15) is 11.1 Å². The number of benzene rings is 1. The lowest BCUT2D eigenvalue weighted by atomic mass is 10.1. The first-order valence-corrected chi connectivity index (χ1v) is 3.61. The van der Waals surface area contributed by atoms with Crippen molar-refractivity contribution in [3.05, 3.63) is 40.7 Å². The number of aryl methyl sites for hydroxylation is 1. The van der Waals surface area contributed by atoms with Gasteiger partial charge in [-0.1, -0.05) is 24.3 Å². The fourth-order valence-corrected chi connectivity index (χ4v) is 1.23. The Morgan fingerprint density at radius 3 is 2.64 bits per heavy atom. The Kier molecular flexibility index (Phi) is 2.30. The van der Waals surface area contributed by atoms with Crippen molar-refractivity contribution >= 4 is 17.7 Å². The van der Waals surface area contributed by atoms with Gasteiger partial charge in [-0.25, -0.2) is 4.39 Å². The summed E-state index contributed by atoms with van der Waals surface area (Å²) in [6, 6.07) is 2.99. The fourth-order valence-electron chi connectivity index (χ4n) is 0.972. The Hall–Kier alpha value is -0.820. The highest BCUT2D eigenvalue weighted by atomic mass is 35.5. The zero-order valence-corrected chi connectivity index (χ0v) is 6.95. The lowest BCUT2D eigenvalue weighted by molar-refractivity contribution is 0.624. The molecule has 0 radical (unpaired) electrons. The molecule has 0 atom stereocenters. The molecule has 0 fully saturated rings. The largest absolute Gasteiger partial charge is 0.206 e. The van der Waals surface area contributed by atoms with Gasteiger partial charge in [0.05, 0.1) is 0 Å². The standard InChI is InChI=1S/C9H8ClF/c1-3-8-6(2)4-7(10)5-9(8)11/h3-5H,1H2,2H3. The van der Waals surface area contributed by atoms with Crippen LogP contribution in [0.2, 0.25) is 5.02 Å². The minimum atomic E-state index is -0.315. The molecule has 1 rings (SSSR count). The monoisotopic (exact) mass is 170 g/mol. The summed E-state index contributed by atoms with van der Waals surface area (Å²) in [7, 11) is 0. The van der Waals surface area contributed by atoms with Crippen molar-refractivity contribution in [1.82, 2.24) is 0 Å². The summed E-state index contributed by atoms with van der Waals surface area (Å²) in [6.07, 6.45) is 1.49. The third-order valence-electron chi connectivity index (χ3n) is 1.51. The molecule has 0 aromatic heterocycles. The van der Waals surface area contributed by atoms with E-state index in [1.807, 2.05) is 0 Å². The highest BCUT2D eigenvalue weighted by Gasteiger charge is 2.02. The summed E-state index contributed by atoms with van der Waals surface area (Å²) in [4.78, 5) is 0. The van der Waals surface area contributed by atoms with E-state index in [2.05, 4.69) is 6.58 Å². The molecule has 0 saturated heterocycles. The van der Waals surface area contributed by atoms with Crippen LogP contribution in [0.15, 0.2) is 18.7 Å². The van der Waals surface area contributed by atoms with E-state index in [4.69, 9.17) is 11.6 Å². The van der Waals surface area contributed by atoms with Crippen LogP contribution < -0.4 is 0 Å². The third-order valence-corrected chi connectivity index (χ3v) is 1.72. The molecule has 0 unspecified atom stereocenters. The molecule has 0 amide bonds. The molecular formula is C9H8ClF. The van der Waals surface area contributed by atoms with E-state index in [1.165, 1.54) is 12.1 Å². The van der Waals surface area contributed by atoms with Crippen LogP contribution >= 0.6 is 11.6 Å². The molecule has 0 aliphatic rings. The van der Waals surface area contributed by atoms with Gasteiger partial charge in [-0.3, -0.25) is 0 Å². The van der Waals surface area contributed by atoms with Crippen LogP contribution in [0.3, 0.4) is 0 Å². The maximum atomic E-state index is 13.0. The first-order valence-electron chi connectivity index (χ1n) is 3.23. The molecule has 0 nitrogen and oxygen atoms in total. The van der Waals surface area contributed by atoms with Gasteiger partial charge in [0.2, 0.25) is 0 Å². The molecule has 0 bridgehead atoms. The quantitative estimate of drug-likeness (QED) is 0.606. The number of halogens is 2. The van der Waals surface area contributed by atoms with Crippen molar-refractivity contribution in [3.8, 4) is 0 Å². The van der Waals surface area contributed by atoms with Crippen molar-refractivity contribution in [2.24, 2.45) is 0 Å². The van der Waals surface area contributed by atoms with Crippen molar-refractivity contribution in [3.63, 3.8) is 0 Å². The van der Waals surface area contributed by atoms with E-state index in [0.29, 0.717) is 10.6 Å². The lowest BCUT2D eigenvalue weighted by Gasteiger charge is -2.01. The first kappa shape index (κ1) is 8.28. The molecule has 0 N–H and O–H groups in total. The van der Waals surface area contributed by atoms with Crippen LogP contribution in [0.25, 0.3) is 6.08 Å². The average Bonchev–Trinajstić information content (AvgIpc) is 1.85. The van der Waals surface area contributed by atoms with Crippen molar-refractivity contribution in [2.75, 3.05) is 0 Å². The molecule has 58 valence electrons. The minimum Gasteiger partial charge on any atom is -0.206 e. The van der Waals surface area contributed by atoms with Gasteiger partial charge in [-0.2, -0.15) is 0 Å². The van der Waals surface area contributed by atoms with Crippen LogP contribution in [-0.4, -0.2) is 0 Å². The molecule has 0 aliphatic heterocycles. The highest BCUT2D eigenvalue weighted by Crippen LogP contribution is 2.19. The molecule has 11 heavy (non-hydrogen) atoms. The van der Waals surface area contributed by atoms with Crippen LogP contribution in [0, 0.1) is 12.7 Å². The fraction of sp³-hybridized carbons (Fsp3) is 0.111. The van der Waals surface area contributed by atoms with Crippen LogP contribution in [0.5, 0.6) is 0 Å². The summed E-state index contributed by atoms with van der Waals surface area (Å²) >= 11 is 5.60. The van der Waals surface area contributed by atoms with Gasteiger partial charge in [0.1, 0.15) is 5.82 Å². The second-order valence-corrected chi connectivity index (χ2v) is 2.76. The van der Waals surface area contributed by atoms with Gasteiger partial charge in [0.15, 0.2) is 0 Å². The highest BCUT2D eigenvalue weighted by molar-refractivity contribution is 6.30. The van der Waals surface area contributed by atoms with E-state index >= 15 is 0 Å². The molecule has 1 aromatic carbocycles. The normalized spacial score (nSPS) is 9.73. The first-order chi connectivity index (χ1) is 5.15. The van der Waals surface area contributed by atoms with E-state index in [1.54, 1.807) is 13.0 Å². The van der Waals surface area contributed by atoms with Gasteiger partial charge in [-0.15, -0.1) is 0 Å². The van der Waals surface area contributed by atoms with Gasteiger partial charge in [-0.05, 0) is 24.6 Å². The predicted octanol–water partition coefficient (Wildman–Crippen LogP) is 3.43. The zero-order chi connectivity index (χ0) is 8.43. The van der Waals surface area contributed by atoms with Gasteiger partial charge in [0, 0.05) is 10.6 Å². The topological polar surface area (TPSA) is 0 Å². The summed E-state index contributed by atoms with van der Waals surface area (Å²) in [5.41, 5.74) is 1.33. The Morgan fingerprint density at radius 2 is 2.18 bits per heavy atom. The predicted molar refractivity (Wildman–Crippen MR) is 46.2 cm³/mol. The maximum absolute atomic E-state index is 13.0. The smallest absolute Gasteiger partial charge is 0.132 e. The summed E-state index contributed by atoms with van der Waals surface area (Å²) < 4.78 is 13.0. The van der Waals surface area contributed by atoms with E-state index in [9.17, 15) is 4.39 Å². The van der Waals surface area contributed by atoms with E-state index in [0.717, 1.165) is 5.56 Å². The maximum Gasteiger partial charge on any atom is 0.132 e. The van der Waals surface area contributed by atoms with Crippen molar-refractivity contribution in [2.45, 2.75) is 6.92 Å². The zero-order valence-electron chi connectivity index (χ0n) is 6.20. The SMILES string of the molecule is C=Cc1c(C)cc(Cl)cc1F. The number of hydrogen-bond acceptors (Lipinski definition) is 0. The average molecular weight is 171 g/mol. The number of hydrogen-bond donors (Lipinski definition) is 0. The van der Waals surface area contributed by atoms with Gasteiger partial charge in [0.25, 0.3) is 0 Å². The summed E-state index contributed by atoms with van der Waals surface area (Å²) in [5, 5.41) is 0.422. The molecule has 1 aromatic rings. The molecular weight excluding hydrogens is 163 g/mol. The van der Waals surface area contributed by atoms with Crippen LogP contribution in [0.4, 0.5) is 4.39 Å². The van der Waals surface area contributed by atoms with E-state index < -0.39 is 0 Å². The van der Waals surface area contributed by atoms with Crippen LogP contribution in [-0.2, 0) is 0 Å². The minimum absolute atomic E-state index is 0.315. The van der Waals surface area contributed by atoms with Gasteiger partial charge >= 0.3 is 0 Å². The second kappa shape index (κ2) is 3.05. The van der Waals surface area contributed by atoms with Crippen molar-refractivity contribution in [1.29, 1.82) is 0 Å². The molecule has 0 heterocycles. The van der Waals surface area contributed by atoms with Gasteiger partial charge < -0.3 is 0 Å². The molecule has 0 aliphatic carbocycles. The number of rotatable bonds is 1. The third kappa shape index (κ3) is 1.60. The van der Waals surface area contributed by atoms with Crippen molar-refractivity contribution < 1.29 is 4.39 Å². The molecule has 0 saturated carbocycles. The second-order valence-electron chi connectivity index (χ2n) is 2.32.